The van der Waals surface area contributed by atoms with Crippen molar-refractivity contribution in [2.24, 2.45) is 0 Å². The highest BCUT2D eigenvalue weighted by Gasteiger charge is 2.28. The summed E-state index contributed by atoms with van der Waals surface area (Å²) in [6.07, 6.45) is -0.437. The third kappa shape index (κ3) is 7.70. The number of benzene rings is 2. The van der Waals surface area contributed by atoms with Crippen molar-refractivity contribution in [2.45, 2.75) is 32.9 Å². The zero-order valence-corrected chi connectivity index (χ0v) is 23.6. The molecule has 4 rings (SSSR count). The van der Waals surface area contributed by atoms with Crippen molar-refractivity contribution in [3.05, 3.63) is 81.1 Å². The first-order chi connectivity index (χ1) is 19.4. The maximum absolute atomic E-state index is 13.2. The van der Waals surface area contributed by atoms with Crippen molar-refractivity contribution in [3.8, 4) is 17.3 Å². The first-order valence-corrected chi connectivity index (χ1v) is 13.3. The van der Waals surface area contributed by atoms with Gasteiger partial charge in [0.1, 0.15) is 12.1 Å². The van der Waals surface area contributed by atoms with Gasteiger partial charge in [0.2, 0.25) is 5.91 Å². The lowest BCUT2D eigenvalue weighted by Gasteiger charge is -2.35. The molecule has 2 aromatic carbocycles. The van der Waals surface area contributed by atoms with Crippen molar-refractivity contribution >= 4 is 35.2 Å². The molecule has 212 valence electrons. The van der Waals surface area contributed by atoms with Crippen LogP contribution < -0.4 is 10.9 Å². The average Bonchev–Trinajstić information content (AvgIpc) is 2.93. The Hall–Kier alpha value is -4.69. The van der Waals surface area contributed by atoms with E-state index in [2.05, 4.69) is 10.4 Å². The number of amides is 3. The van der Waals surface area contributed by atoms with Gasteiger partial charge in [0.15, 0.2) is 0 Å². The van der Waals surface area contributed by atoms with E-state index in [1.807, 2.05) is 6.07 Å². The van der Waals surface area contributed by atoms with E-state index in [1.165, 1.54) is 24.3 Å². The number of nitrogens with one attached hydrogen (secondary N) is 1. The molecule has 0 radical (unpaired) electrons. The van der Waals surface area contributed by atoms with Gasteiger partial charge < -0.3 is 19.9 Å². The minimum atomic E-state index is -0.619. The first kappa shape index (κ1) is 29.3. The van der Waals surface area contributed by atoms with Crippen molar-refractivity contribution in [2.75, 3.05) is 31.5 Å². The molecule has 0 bridgehead atoms. The number of hydrogen-bond acceptors (Lipinski definition) is 7. The Balaban J connectivity index is 1.44. The Bertz CT molecular complexity index is 1560. The minimum Gasteiger partial charge on any atom is -0.444 e. The Morgan fingerprint density at radius 2 is 1.66 bits per heavy atom. The average molecular weight is 577 g/mol. The minimum absolute atomic E-state index is 0.179. The van der Waals surface area contributed by atoms with Crippen LogP contribution in [0.1, 0.15) is 36.7 Å². The van der Waals surface area contributed by atoms with Crippen LogP contribution in [0.25, 0.3) is 11.3 Å². The monoisotopic (exact) mass is 576 g/mol. The molecule has 1 aromatic heterocycles. The largest absolute Gasteiger partial charge is 0.444 e. The molecule has 1 aliphatic rings. The Morgan fingerprint density at radius 1 is 1.00 bits per heavy atom. The third-order valence-electron chi connectivity index (χ3n) is 6.11. The van der Waals surface area contributed by atoms with E-state index in [1.54, 1.807) is 60.9 Å². The van der Waals surface area contributed by atoms with Crippen LogP contribution in [0.5, 0.6) is 0 Å². The van der Waals surface area contributed by atoms with E-state index in [4.69, 9.17) is 16.3 Å². The van der Waals surface area contributed by atoms with Crippen LogP contribution in [0.2, 0.25) is 5.02 Å². The lowest BCUT2D eigenvalue weighted by atomic mass is 10.1. The van der Waals surface area contributed by atoms with E-state index in [-0.39, 0.29) is 42.4 Å². The van der Waals surface area contributed by atoms with Gasteiger partial charge in [-0.3, -0.25) is 14.4 Å². The molecule has 0 spiro atoms. The number of aromatic nitrogens is 2. The number of piperazine rings is 1. The fourth-order valence-electron chi connectivity index (χ4n) is 4.16. The van der Waals surface area contributed by atoms with Gasteiger partial charge in [-0.2, -0.15) is 10.4 Å². The molecule has 0 atom stereocenters. The van der Waals surface area contributed by atoms with Crippen molar-refractivity contribution in [1.29, 1.82) is 5.26 Å². The summed E-state index contributed by atoms with van der Waals surface area (Å²) >= 11 is 5.94. The fraction of sp³-hybridized carbons (Fsp3) is 0.310. The number of ether oxygens (including phenoxy) is 1. The van der Waals surface area contributed by atoms with Gasteiger partial charge in [-0.25, -0.2) is 9.48 Å². The number of hydrogen-bond donors (Lipinski definition) is 1. The molecule has 0 aliphatic carbocycles. The summed E-state index contributed by atoms with van der Waals surface area (Å²) in [6.45, 7) is 6.17. The molecule has 1 saturated heterocycles. The van der Waals surface area contributed by atoms with Gasteiger partial charge in [-0.15, -0.1) is 0 Å². The maximum atomic E-state index is 13.2. The molecule has 3 amide bonds. The predicted molar refractivity (Wildman–Crippen MR) is 152 cm³/mol. The molecule has 1 fully saturated rings. The lowest BCUT2D eigenvalue weighted by molar-refractivity contribution is -0.117. The van der Waals surface area contributed by atoms with E-state index in [0.717, 1.165) is 10.2 Å². The molecule has 1 aliphatic heterocycles. The number of nitriles is 1. The summed E-state index contributed by atoms with van der Waals surface area (Å²) in [6, 6.07) is 16.1. The smallest absolute Gasteiger partial charge is 0.410 e. The summed E-state index contributed by atoms with van der Waals surface area (Å²) in [4.78, 5) is 53.9. The summed E-state index contributed by atoms with van der Waals surface area (Å²) in [5.41, 5.74) is 0.743. The summed E-state index contributed by atoms with van der Waals surface area (Å²) in [5, 5.41) is 17.0. The second-order valence-corrected chi connectivity index (χ2v) is 10.9. The highest BCUT2D eigenvalue weighted by Crippen LogP contribution is 2.20. The van der Waals surface area contributed by atoms with Crippen LogP contribution in [-0.2, 0) is 16.1 Å². The molecular weight excluding hydrogens is 548 g/mol. The van der Waals surface area contributed by atoms with E-state index in [9.17, 15) is 24.4 Å². The SMILES string of the molecule is CC(C)(C)OC(=O)N1CCN(C(=O)c2cc(C#N)cc(NC(=O)Cn3nc(-c4ccc(Cl)cc4)ccc3=O)c2)CC1. The van der Waals surface area contributed by atoms with Crippen molar-refractivity contribution in [3.63, 3.8) is 0 Å². The predicted octanol–water partition coefficient (Wildman–Crippen LogP) is 3.77. The first-order valence-electron chi connectivity index (χ1n) is 12.9. The lowest BCUT2D eigenvalue weighted by Crippen LogP contribution is -2.51. The number of anilines is 1. The third-order valence-corrected chi connectivity index (χ3v) is 6.36. The molecule has 2 heterocycles. The van der Waals surface area contributed by atoms with E-state index >= 15 is 0 Å². The van der Waals surface area contributed by atoms with E-state index in [0.29, 0.717) is 23.8 Å². The van der Waals surface area contributed by atoms with Crippen LogP contribution in [0.15, 0.2) is 59.4 Å². The Morgan fingerprint density at radius 3 is 2.29 bits per heavy atom. The van der Waals surface area contributed by atoms with Gasteiger partial charge >= 0.3 is 6.09 Å². The highest BCUT2D eigenvalue weighted by molar-refractivity contribution is 6.30. The Labute approximate surface area is 241 Å². The standard InChI is InChI=1S/C29H29ClN6O5/c1-29(2,3)41-28(40)35-12-10-34(11-13-35)27(39)21-14-19(17-31)15-23(16-21)32-25(37)18-36-26(38)9-8-24(33-36)20-4-6-22(30)7-5-20/h4-9,14-16H,10-13,18H2,1-3H3,(H,32,37). The fourth-order valence-corrected chi connectivity index (χ4v) is 4.29. The van der Waals surface area contributed by atoms with Crippen LogP contribution in [-0.4, -0.2) is 69.3 Å². The number of rotatable bonds is 5. The summed E-state index contributed by atoms with van der Waals surface area (Å²) < 4.78 is 6.43. The number of carbonyl (C=O) groups is 3. The van der Waals surface area contributed by atoms with Gasteiger partial charge in [-0.1, -0.05) is 23.7 Å². The van der Waals surface area contributed by atoms with Crippen LogP contribution in [0.4, 0.5) is 10.5 Å². The second kappa shape index (κ2) is 12.2. The van der Waals surface area contributed by atoms with Crippen molar-refractivity contribution < 1.29 is 19.1 Å². The van der Waals surface area contributed by atoms with Crippen LogP contribution in [0.3, 0.4) is 0 Å². The molecule has 41 heavy (non-hydrogen) atoms. The number of nitrogens with zero attached hydrogens (tertiary/aromatic N) is 5. The molecule has 0 saturated carbocycles. The molecule has 12 heteroatoms. The normalized spacial score (nSPS) is 13.3. The zero-order valence-electron chi connectivity index (χ0n) is 22.9. The van der Waals surface area contributed by atoms with Gasteiger partial charge in [-0.05, 0) is 57.2 Å². The second-order valence-electron chi connectivity index (χ2n) is 10.4. The van der Waals surface area contributed by atoms with Gasteiger partial charge in [0.05, 0.1) is 17.3 Å². The van der Waals surface area contributed by atoms with Crippen molar-refractivity contribution in [1.82, 2.24) is 19.6 Å². The van der Waals surface area contributed by atoms with Gasteiger partial charge in [0.25, 0.3) is 11.5 Å². The number of carbonyl (C=O) groups excluding carboxylic acids is 3. The highest BCUT2D eigenvalue weighted by atomic mass is 35.5. The summed E-state index contributed by atoms with van der Waals surface area (Å²) in [7, 11) is 0. The quantitative estimate of drug-likeness (QED) is 0.488. The summed E-state index contributed by atoms with van der Waals surface area (Å²) in [5.74, 6) is -0.901. The number of halogens is 1. The molecule has 3 aromatic rings. The van der Waals surface area contributed by atoms with Crippen LogP contribution >= 0.6 is 11.6 Å². The maximum Gasteiger partial charge on any atom is 0.410 e. The zero-order chi connectivity index (χ0) is 29.7. The molecular formula is C29H29ClN6O5. The van der Waals surface area contributed by atoms with Crippen LogP contribution in [0, 0.1) is 11.3 Å². The topological polar surface area (TPSA) is 138 Å². The molecule has 0 unspecified atom stereocenters. The van der Waals surface area contributed by atoms with E-state index < -0.39 is 23.2 Å². The van der Waals surface area contributed by atoms with Gasteiger partial charge in [0, 0.05) is 54.1 Å². The molecule has 11 nitrogen and oxygen atoms in total. The Kier molecular flexibility index (Phi) is 8.74. The molecule has 1 N–H and O–H groups in total.